The van der Waals surface area contributed by atoms with Crippen LogP contribution in [0, 0.1) is 25.2 Å². The predicted molar refractivity (Wildman–Crippen MR) is 208 cm³/mol. The molecule has 2 aliphatic heterocycles. The molecule has 15 heteroatoms. The summed E-state index contributed by atoms with van der Waals surface area (Å²) >= 11 is 0. The minimum atomic E-state index is -3.98. The lowest BCUT2D eigenvalue weighted by Crippen LogP contribution is -2.58. The maximum atomic E-state index is 14.6. The number of para-hydroxylation sites is 1. The van der Waals surface area contributed by atoms with Crippen LogP contribution in [-0.2, 0) is 24.4 Å². The molecule has 2 aromatic heterocycles. The van der Waals surface area contributed by atoms with Crippen molar-refractivity contribution < 1.29 is 32.3 Å². The molecule has 2 aromatic carbocycles. The number of carbonyl (C=O) groups excluding carboxylic acids is 4. The minimum absolute atomic E-state index is 0.00418. The van der Waals surface area contributed by atoms with Crippen LogP contribution in [0.3, 0.4) is 0 Å². The Hall–Kier alpha value is -5.88. The standard InChI is InChI=1S/C41H43N7O7S/c1-3-26-13-7-5-4-6-8-18-33(44-37(49)34-23-42-25(2)22-43-34)41(52)48-24-27(21-35(48)38(50)46-36(26)39(51)47-56(53,54)28-19-20-28)55-40-31-16-10-9-14-29(31)30-15-11-12-17-32(30)45-40/h1,7,9-17,22-23,26-28,33,35-36H,4-6,8,18-21,24H2,2H3,(H,44,49)(H,46,50)(H,47,51)/b13-7-/t26?,27-,33+,35+,36-/m1/s1. The molecule has 0 radical (unpaired) electrons. The number of aryl methyl sites for hydroxylation is 1. The van der Waals surface area contributed by atoms with Crippen molar-refractivity contribution in [2.75, 3.05) is 6.54 Å². The highest BCUT2D eigenvalue weighted by Gasteiger charge is 2.45. The molecule has 3 aliphatic rings. The van der Waals surface area contributed by atoms with Gasteiger partial charge in [-0.05, 0) is 56.5 Å². The van der Waals surface area contributed by atoms with Gasteiger partial charge >= 0.3 is 0 Å². The van der Waals surface area contributed by atoms with E-state index < -0.39 is 69.0 Å². The first kappa shape index (κ1) is 38.4. The van der Waals surface area contributed by atoms with Crippen molar-refractivity contribution in [2.45, 2.75) is 87.8 Å². The van der Waals surface area contributed by atoms with Crippen molar-refractivity contribution in [1.82, 2.24) is 35.2 Å². The van der Waals surface area contributed by atoms with Gasteiger partial charge in [0.15, 0.2) is 0 Å². The summed E-state index contributed by atoms with van der Waals surface area (Å²) in [5.41, 5.74) is 1.36. The number of carbonyl (C=O) groups is 4. The largest absolute Gasteiger partial charge is 0.472 e. The molecule has 0 bridgehead atoms. The number of amides is 4. The van der Waals surface area contributed by atoms with Crippen molar-refractivity contribution in [2.24, 2.45) is 5.92 Å². The van der Waals surface area contributed by atoms with Gasteiger partial charge in [0.2, 0.25) is 27.7 Å². The first-order chi connectivity index (χ1) is 27.0. The average Bonchev–Trinajstić information content (AvgIpc) is 3.98. The second-order valence-electron chi connectivity index (χ2n) is 14.5. The molecule has 290 valence electrons. The maximum absolute atomic E-state index is 14.6. The number of allylic oxidation sites excluding steroid dienone is 1. The van der Waals surface area contributed by atoms with E-state index >= 15 is 0 Å². The lowest BCUT2D eigenvalue weighted by Gasteiger charge is -2.30. The van der Waals surface area contributed by atoms with Gasteiger partial charge in [-0.25, -0.2) is 18.4 Å². The van der Waals surface area contributed by atoms with Gasteiger partial charge in [-0.1, -0.05) is 67.3 Å². The number of nitrogens with zero attached hydrogens (tertiary/aromatic N) is 4. The molecule has 3 N–H and O–H groups in total. The molecule has 1 saturated heterocycles. The summed E-state index contributed by atoms with van der Waals surface area (Å²) in [5.74, 6) is -0.961. The minimum Gasteiger partial charge on any atom is -0.472 e. The van der Waals surface area contributed by atoms with E-state index in [2.05, 4.69) is 31.2 Å². The third-order valence-electron chi connectivity index (χ3n) is 10.4. The fourth-order valence-electron chi connectivity index (χ4n) is 7.22. The Kier molecular flexibility index (Phi) is 11.3. The highest BCUT2D eigenvalue weighted by Crippen LogP contribution is 2.33. The number of hydrogen-bond donors (Lipinski definition) is 3. The summed E-state index contributed by atoms with van der Waals surface area (Å²) in [6.45, 7) is 1.69. The van der Waals surface area contributed by atoms with Crippen molar-refractivity contribution in [3.8, 4) is 18.2 Å². The molecule has 4 heterocycles. The lowest BCUT2D eigenvalue weighted by molar-refractivity contribution is -0.141. The Morgan fingerprint density at radius 2 is 1.71 bits per heavy atom. The van der Waals surface area contributed by atoms with Crippen molar-refractivity contribution in [1.29, 1.82) is 0 Å². The third-order valence-corrected chi connectivity index (χ3v) is 12.2. The van der Waals surface area contributed by atoms with E-state index in [0.717, 1.165) is 16.2 Å². The Balaban J connectivity index is 1.23. The Labute approximate surface area is 324 Å². The summed E-state index contributed by atoms with van der Waals surface area (Å²) in [5, 5.41) is 7.44. The molecule has 56 heavy (non-hydrogen) atoms. The number of pyridine rings is 1. The predicted octanol–water partition coefficient (Wildman–Crippen LogP) is 3.50. The molecular formula is C41H43N7O7S. The van der Waals surface area contributed by atoms with Gasteiger partial charge in [0.05, 0.1) is 35.1 Å². The zero-order valence-electron chi connectivity index (χ0n) is 30.9. The molecule has 4 aromatic rings. The molecule has 7 rings (SSSR count). The number of fused-ring (bicyclic) bond motifs is 4. The Morgan fingerprint density at radius 3 is 2.45 bits per heavy atom. The molecular weight excluding hydrogens is 735 g/mol. The number of hydrogen-bond acceptors (Lipinski definition) is 10. The van der Waals surface area contributed by atoms with E-state index in [1.165, 1.54) is 17.3 Å². The number of terminal acetylenes is 1. The van der Waals surface area contributed by atoms with Crippen molar-refractivity contribution in [3.63, 3.8) is 0 Å². The summed E-state index contributed by atoms with van der Waals surface area (Å²) in [6, 6.07) is 11.6. The first-order valence-corrected chi connectivity index (χ1v) is 20.4. The number of aromatic nitrogens is 3. The van der Waals surface area contributed by atoms with Crippen molar-refractivity contribution in [3.05, 3.63) is 84.5 Å². The highest BCUT2D eigenvalue weighted by molar-refractivity contribution is 7.90. The quantitative estimate of drug-likeness (QED) is 0.142. The smallest absolute Gasteiger partial charge is 0.272 e. The molecule has 2 fully saturated rings. The fourth-order valence-corrected chi connectivity index (χ4v) is 8.55. The van der Waals surface area contributed by atoms with Crippen LogP contribution in [0.4, 0.5) is 0 Å². The summed E-state index contributed by atoms with van der Waals surface area (Å²) in [7, 11) is -3.98. The van der Waals surface area contributed by atoms with E-state index in [1.54, 1.807) is 19.1 Å². The van der Waals surface area contributed by atoms with Crippen LogP contribution >= 0.6 is 0 Å². The van der Waals surface area contributed by atoms with Crippen LogP contribution in [0.2, 0.25) is 0 Å². The first-order valence-electron chi connectivity index (χ1n) is 18.8. The lowest BCUT2D eigenvalue weighted by atomic mass is 9.98. The number of ether oxygens (including phenoxy) is 1. The third kappa shape index (κ3) is 8.50. The van der Waals surface area contributed by atoms with E-state index in [9.17, 15) is 27.6 Å². The molecule has 1 unspecified atom stereocenters. The second kappa shape index (κ2) is 16.5. The van der Waals surface area contributed by atoms with Gasteiger partial charge in [-0.3, -0.25) is 28.9 Å². The van der Waals surface area contributed by atoms with Crippen LogP contribution in [-0.4, -0.2) is 87.9 Å². The van der Waals surface area contributed by atoms with Gasteiger partial charge in [-0.15, -0.1) is 6.42 Å². The maximum Gasteiger partial charge on any atom is 0.272 e. The molecule has 0 spiro atoms. The average molecular weight is 778 g/mol. The Bertz CT molecular complexity index is 2340. The normalized spacial score (nSPS) is 24.2. The van der Waals surface area contributed by atoms with Crippen LogP contribution in [0.25, 0.3) is 21.7 Å². The molecule has 4 amide bonds. The second-order valence-corrected chi connectivity index (χ2v) is 16.4. The number of rotatable bonds is 7. The molecule has 1 aliphatic carbocycles. The molecule has 14 nitrogen and oxygen atoms in total. The summed E-state index contributed by atoms with van der Waals surface area (Å²) in [6.07, 6.45) is 15.1. The van der Waals surface area contributed by atoms with E-state index in [1.807, 2.05) is 48.5 Å². The molecule has 5 atom stereocenters. The van der Waals surface area contributed by atoms with Crippen LogP contribution in [0.15, 0.2) is 73.1 Å². The topological polar surface area (TPSA) is 190 Å². The SMILES string of the molecule is C#CC1/C=C\CCCCC[C@H](NC(=O)c2cnc(C)cn2)C(=O)N2C[C@H](Oc3nc4ccccc4c4ccccc34)C[C@H]2C(=O)N[C@H]1C(=O)NS(=O)(=O)C1CC1. The van der Waals surface area contributed by atoms with Gasteiger partial charge in [0.25, 0.3) is 11.8 Å². The van der Waals surface area contributed by atoms with Gasteiger partial charge < -0.3 is 20.3 Å². The number of benzene rings is 2. The van der Waals surface area contributed by atoms with E-state index in [0.29, 0.717) is 55.6 Å². The highest BCUT2D eigenvalue weighted by atomic mass is 32.2. The van der Waals surface area contributed by atoms with Crippen molar-refractivity contribution >= 4 is 55.3 Å². The van der Waals surface area contributed by atoms with E-state index in [-0.39, 0.29) is 25.1 Å². The zero-order chi connectivity index (χ0) is 39.4. The Morgan fingerprint density at radius 1 is 0.964 bits per heavy atom. The molecule has 1 saturated carbocycles. The zero-order valence-corrected chi connectivity index (χ0v) is 31.7. The number of sulfonamides is 1. The van der Waals surface area contributed by atoms with Gasteiger partial charge in [-0.2, -0.15) is 0 Å². The summed E-state index contributed by atoms with van der Waals surface area (Å²) < 4.78 is 34.4. The fraction of sp³-hybridized carbons (Fsp3) is 0.390. The number of nitrogens with one attached hydrogen (secondary N) is 3. The van der Waals surface area contributed by atoms with Crippen LogP contribution in [0.1, 0.15) is 67.5 Å². The van der Waals surface area contributed by atoms with E-state index in [4.69, 9.17) is 16.1 Å². The summed E-state index contributed by atoms with van der Waals surface area (Å²) in [4.78, 5) is 70.7. The van der Waals surface area contributed by atoms with Gasteiger partial charge in [0.1, 0.15) is 29.9 Å². The van der Waals surface area contributed by atoms with Crippen LogP contribution < -0.4 is 20.1 Å². The monoisotopic (exact) mass is 777 g/mol. The van der Waals surface area contributed by atoms with Gasteiger partial charge in [0, 0.05) is 23.4 Å². The van der Waals surface area contributed by atoms with Crippen LogP contribution in [0.5, 0.6) is 5.88 Å².